The van der Waals surface area contributed by atoms with Gasteiger partial charge in [-0.1, -0.05) is 36.4 Å². The fourth-order valence-electron chi connectivity index (χ4n) is 9.68. The van der Waals surface area contributed by atoms with Crippen LogP contribution in [0.5, 0.6) is 34.5 Å². The minimum absolute atomic E-state index is 0.171. The molecule has 0 radical (unpaired) electrons. The molecule has 0 atom stereocenters. The van der Waals surface area contributed by atoms with Gasteiger partial charge >= 0.3 is 379 Å². The van der Waals surface area contributed by atoms with E-state index in [1.54, 1.807) is 0 Å². The first-order chi connectivity index (χ1) is 33.4. The fourth-order valence-corrected chi connectivity index (χ4v) is 14.6. The Kier molecular flexibility index (Phi) is 11.7. The minimum atomic E-state index is -2.15. The zero-order chi connectivity index (χ0) is 49.2. The molecule has 0 aliphatic rings. The molecule has 0 aromatic heterocycles. The second-order valence-electron chi connectivity index (χ2n) is 20.1. The molecule has 0 spiro atoms. The van der Waals surface area contributed by atoms with Crippen LogP contribution in [0.25, 0.3) is 54.6 Å². The molecule has 8 nitrogen and oxygen atoms in total. The standard InChI is InChI=1S/C60H54Ge2N2O6/c1-61(2,3)39-19-27-43(28-20-39)63(59-55(67)31-45(65)32-56(59)68)41-23-15-37(16-24-41)51-35-53-50-14-10-8-12-48(50)52(36-54(53)49-13-9-7-11-47(49)51)38-17-25-42(26-18-38)64(60-57(69)33-46(66)34-58(60)70)44-29-21-40(22-30-44)62(4,5)6/h7-36,65-70H,1-6H3. The summed E-state index contributed by atoms with van der Waals surface area (Å²) in [6.45, 7) is 0. The summed E-state index contributed by atoms with van der Waals surface area (Å²) in [5.74, 6) is 12.6. The topological polar surface area (TPSA) is 128 Å². The molecule has 10 aromatic rings. The molecule has 10 aromatic carbocycles. The number of hydrogen-bond acceptors (Lipinski definition) is 8. The first kappa shape index (κ1) is 46.2. The third kappa shape index (κ3) is 8.51. The van der Waals surface area contributed by atoms with Crippen molar-refractivity contribution in [1.29, 1.82) is 0 Å². The average Bonchev–Trinajstić information content (AvgIpc) is 3.33. The number of fused-ring (bicyclic) bond motifs is 5. The van der Waals surface area contributed by atoms with Crippen LogP contribution < -0.4 is 18.6 Å². The van der Waals surface area contributed by atoms with Crippen molar-refractivity contribution >= 4 is 102 Å². The Bertz CT molecular complexity index is 3330. The van der Waals surface area contributed by atoms with Gasteiger partial charge in [0.2, 0.25) is 0 Å². The van der Waals surface area contributed by atoms with Crippen LogP contribution in [-0.2, 0) is 0 Å². The molecule has 348 valence electrons. The van der Waals surface area contributed by atoms with Crippen LogP contribution in [0.4, 0.5) is 34.1 Å². The second kappa shape index (κ2) is 17.8. The maximum absolute atomic E-state index is 11.2. The molecular formula is C60H54Ge2N2O6. The van der Waals surface area contributed by atoms with E-state index in [1.165, 1.54) is 33.1 Å². The third-order valence-electron chi connectivity index (χ3n) is 13.3. The van der Waals surface area contributed by atoms with E-state index < -0.39 is 26.5 Å². The summed E-state index contributed by atoms with van der Waals surface area (Å²) in [4.78, 5) is 3.63. The maximum atomic E-state index is 11.2. The van der Waals surface area contributed by atoms with Crippen molar-refractivity contribution in [2.24, 2.45) is 0 Å². The third-order valence-corrected chi connectivity index (χ3v) is 22.0. The Morgan fingerprint density at radius 2 is 0.571 bits per heavy atom. The van der Waals surface area contributed by atoms with Gasteiger partial charge in [0.1, 0.15) is 0 Å². The molecule has 10 heteroatoms. The average molecular weight is 1040 g/mol. The first-order valence-electron chi connectivity index (χ1n) is 23.3. The number of rotatable bonds is 10. The molecule has 6 N–H and O–H groups in total. The summed E-state index contributed by atoms with van der Waals surface area (Å²) in [5, 5.41) is 71.7. The summed E-state index contributed by atoms with van der Waals surface area (Å²) in [5.41, 5.74) is 7.39. The van der Waals surface area contributed by atoms with E-state index in [0.29, 0.717) is 0 Å². The van der Waals surface area contributed by atoms with Gasteiger partial charge in [-0.25, -0.2) is 0 Å². The second-order valence-corrected chi connectivity index (χ2v) is 41.4. The van der Waals surface area contributed by atoms with Gasteiger partial charge in [0, 0.05) is 0 Å². The molecule has 0 fully saturated rings. The first-order valence-corrected chi connectivity index (χ1v) is 38.0. The molecule has 0 aliphatic carbocycles. The van der Waals surface area contributed by atoms with E-state index >= 15 is 0 Å². The molecule has 0 saturated carbocycles. The van der Waals surface area contributed by atoms with Gasteiger partial charge in [0.15, 0.2) is 0 Å². The van der Waals surface area contributed by atoms with Crippen molar-refractivity contribution in [3.8, 4) is 56.8 Å². The molecule has 0 heterocycles. The molecular weight excluding hydrogens is 990 g/mol. The molecule has 10 rings (SSSR count). The molecule has 0 amide bonds. The summed E-state index contributed by atoms with van der Waals surface area (Å²) in [7, 11) is 0. The number of nitrogens with zero attached hydrogens (tertiary/aromatic N) is 2. The summed E-state index contributed by atoms with van der Waals surface area (Å²) >= 11 is -4.30. The van der Waals surface area contributed by atoms with E-state index in [2.05, 4.69) is 144 Å². The van der Waals surface area contributed by atoms with E-state index in [-0.39, 0.29) is 45.9 Å². The number of hydrogen-bond donors (Lipinski definition) is 6. The Morgan fingerprint density at radius 1 is 0.300 bits per heavy atom. The number of aromatic hydroxyl groups is 6. The van der Waals surface area contributed by atoms with Gasteiger partial charge in [0.25, 0.3) is 0 Å². The molecule has 0 bridgehead atoms. The van der Waals surface area contributed by atoms with Crippen LogP contribution in [0.2, 0.25) is 34.5 Å². The van der Waals surface area contributed by atoms with Crippen LogP contribution in [0.15, 0.2) is 182 Å². The monoisotopic (exact) mass is 1050 g/mol. The predicted molar refractivity (Wildman–Crippen MR) is 295 cm³/mol. The van der Waals surface area contributed by atoms with Crippen LogP contribution >= 0.6 is 0 Å². The van der Waals surface area contributed by atoms with Crippen molar-refractivity contribution in [2.75, 3.05) is 9.80 Å². The van der Waals surface area contributed by atoms with Crippen molar-refractivity contribution in [2.45, 2.75) is 34.5 Å². The summed E-state index contributed by atoms with van der Waals surface area (Å²) in [6, 6.07) is 59.3. The van der Waals surface area contributed by atoms with Crippen molar-refractivity contribution in [1.82, 2.24) is 0 Å². The number of benzene rings is 10. The quantitative estimate of drug-likeness (QED) is 0.0591. The van der Waals surface area contributed by atoms with E-state index in [4.69, 9.17) is 0 Å². The molecule has 0 unspecified atom stereocenters. The Hall–Kier alpha value is -7.53. The fraction of sp³-hybridized carbons (Fsp3) is 0.100. The predicted octanol–water partition coefficient (Wildman–Crippen LogP) is 14.7. The van der Waals surface area contributed by atoms with E-state index in [9.17, 15) is 30.6 Å². The summed E-state index contributed by atoms with van der Waals surface area (Å²) in [6.07, 6.45) is 0. The van der Waals surface area contributed by atoms with Crippen molar-refractivity contribution in [3.63, 3.8) is 0 Å². The SMILES string of the molecule is [CH3][Ge]([CH3])([CH3])[c]1ccc(N(c2ccc(-c3cc4c5ccccc5c(-c5ccc(N(c6cc[c]([Ge]([CH3])([CH3])[CH3])cc6)c6c(O)cc(O)cc6O)cc5)cc4c4ccccc34)cc2)c2c(O)cc(O)cc2O)cc1. The van der Waals surface area contributed by atoms with Gasteiger partial charge in [0.05, 0.1) is 0 Å². The van der Waals surface area contributed by atoms with Crippen LogP contribution in [0.1, 0.15) is 0 Å². The summed E-state index contributed by atoms with van der Waals surface area (Å²) < 4.78 is 2.66. The number of phenolic OH excluding ortho intramolecular Hbond substituents is 6. The van der Waals surface area contributed by atoms with Crippen molar-refractivity contribution < 1.29 is 30.6 Å². The Labute approximate surface area is 412 Å². The number of phenols is 6. The van der Waals surface area contributed by atoms with Gasteiger partial charge in [-0.3, -0.25) is 0 Å². The van der Waals surface area contributed by atoms with E-state index in [0.717, 1.165) is 77.3 Å². The Balaban J connectivity index is 1.08. The van der Waals surface area contributed by atoms with Crippen LogP contribution in [0, 0.1) is 0 Å². The zero-order valence-electron chi connectivity index (χ0n) is 39.9. The van der Waals surface area contributed by atoms with Gasteiger partial charge in [-0.15, -0.1) is 0 Å². The zero-order valence-corrected chi connectivity index (χ0v) is 44.1. The van der Waals surface area contributed by atoms with E-state index in [1.807, 2.05) is 58.3 Å². The van der Waals surface area contributed by atoms with Gasteiger partial charge < -0.3 is 0 Å². The Morgan fingerprint density at radius 3 is 0.857 bits per heavy atom. The van der Waals surface area contributed by atoms with Crippen LogP contribution in [-0.4, -0.2) is 57.2 Å². The van der Waals surface area contributed by atoms with Crippen LogP contribution in [0.3, 0.4) is 0 Å². The van der Waals surface area contributed by atoms with Crippen molar-refractivity contribution in [3.05, 3.63) is 182 Å². The number of anilines is 6. The molecule has 0 aliphatic heterocycles. The van der Waals surface area contributed by atoms with Gasteiger partial charge in [-0.2, -0.15) is 0 Å². The molecule has 70 heavy (non-hydrogen) atoms. The molecule has 0 saturated heterocycles. The normalized spacial score (nSPS) is 11.9. The van der Waals surface area contributed by atoms with Gasteiger partial charge in [-0.05, 0) is 0 Å².